The first-order valence-electron chi connectivity index (χ1n) is 8.13. The van der Waals surface area contributed by atoms with Crippen molar-refractivity contribution in [1.82, 2.24) is 14.7 Å². The van der Waals surface area contributed by atoms with Crippen LogP contribution in [-0.2, 0) is 10.0 Å². The van der Waals surface area contributed by atoms with E-state index < -0.39 is 10.0 Å². The quantitative estimate of drug-likeness (QED) is 0.838. The summed E-state index contributed by atoms with van der Waals surface area (Å²) in [5.41, 5.74) is 0.151. The third-order valence-corrected chi connectivity index (χ3v) is 5.96. The maximum Gasteiger partial charge on any atom is 0.251 e. The van der Waals surface area contributed by atoms with E-state index in [1.54, 1.807) is 12.1 Å². The lowest BCUT2D eigenvalue weighted by Crippen LogP contribution is -2.39. The lowest BCUT2D eigenvalue weighted by atomic mass is 9.94. The van der Waals surface area contributed by atoms with Crippen LogP contribution in [0, 0.1) is 11.3 Å². The fourth-order valence-corrected chi connectivity index (χ4v) is 4.28. The van der Waals surface area contributed by atoms with E-state index in [1.165, 1.54) is 24.5 Å². The average molecular weight is 393 g/mol. The van der Waals surface area contributed by atoms with Gasteiger partial charge in [0, 0.05) is 23.5 Å². The molecule has 1 aliphatic carbocycles. The van der Waals surface area contributed by atoms with Gasteiger partial charge in [0.25, 0.3) is 5.88 Å². The molecule has 26 heavy (non-hydrogen) atoms. The Labute approximate surface area is 157 Å². The minimum Gasteiger partial charge on any atom is -0.472 e. The number of ether oxygens (including phenoxy) is 1. The zero-order valence-corrected chi connectivity index (χ0v) is 15.4. The number of hydrogen-bond acceptors (Lipinski definition) is 6. The molecule has 1 aliphatic rings. The van der Waals surface area contributed by atoms with Gasteiger partial charge in [0.2, 0.25) is 15.7 Å². The Bertz CT molecular complexity index is 904. The molecule has 0 atom stereocenters. The highest BCUT2D eigenvalue weighted by Crippen LogP contribution is 2.25. The highest BCUT2D eigenvalue weighted by molar-refractivity contribution is 7.89. The summed E-state index contributed by atoms with van der Waals surface area (Å²) < 4.78 is 33.4. The Morgan fingerprint density at radius 3 is 2.42 bits per heavy atom. The van der Waals surface area contributed by atoms with Crippen LogP contribution in [0.4, 0.5) is 0 Å². The molecule has 1 aromatic carbocycles. The third-order valence-electron chi connectivity index (χ3n) is 4.17. The van der Waals surface area contributed by atoms with Gasteiger partial charge in [0.15, 0.2) is 0 Å². The highest BCUT2D eigenvalue weighted by Gasteiger charge is 2.27. The molecule has 0 amide bonds. The van der Waals surface area contributed by atoms with Gasteiger partial charge in [-0.05, 0) is 49.9 Å². The van der Waals surface area contributed by atoms with Crippen molar-refractivity contribution in [3.8, 4) is 11.9 Å². The van der Waals surface area contributed by atoms with Gasteiger partial charge in [-0.1, -0.05) is 11.6 Å². The van der Waals surface area contributed by atoms with Crippen LogP contribution in [0.25, 0.3) is 0 Å². The first kappa shape index (κ1) is 18.6. The van der Waals surface area contributed by atoms with E-state index in [9.17, 15) is 8.42 Å². The largest absolute Gasteiger partial charge is 0.472 e. The van der Waals surface area contributed by atoms with E-state index in [2.05, 4.69) is 14.7 Å². The number of sulfonamides is 1. The molecule has 1 fully saturated rings. The molecule has 0 unspecified atom stereocenters. The van der Waals surface area contributed by atoms with E-state index >= 15 is 0 Å². The predicted molar refractivity (Wildman–Crippen MR) is 95.2 cm³/mol. The summed E-state index contributed by atoms with van der Waals surface area (Å²) in [6, 6.07) is 7.85. The molecule has 9 heteroatoms. The standard InChI is InChI=1S/C17H17ClN4O3S/c18-12-1-7-15(8-2-12)26(23,24)22-13-3-5-14(6-4-13)25-17-16(11-19)20-9-10-21-17/h1-2,7-10,13-14,22H,3-6H2. The van der Waals surface area contributed by atoms with Crippen LogP contribution in [0.2, 0.25) is 5.02 Å². The van der Waals surface area contributed by atoms with Gasteiger partial charge >= 0.3 is 0 Å². The van der Waals surface area contributed by atoms with Gasteiger partial charge < -0.3 is 4.74 Å². The van der Waals surface area contributed by atoms with Gasteiger partial charge in [-0.15, -0.1) is 0 Å². The summed E-state index contributed by atoms with van der Waals surface area (Å²) in [5, 5.41) is 9.51. The summed E-state index contributed by atoms with van der Waals surface area (Å²) in [5.74, 6) is 0.222. The van der Waals surface area contributed by atoms with Crippen molar-refractivity contribution in [2.75, 3.05) is 0 Å². The molecule has 136 valence electrons. The van der Waals surface area contributed by atoms with Gasteiger partial charge in [-0.3, -0.25) is 0 Å². The van der Waals surface area contributed by atoms with Crippen LogP contribution in [0.3, 0.4) is 0 Å². The second-order valence-corrected chi connectivity index (χ2v) is 8.14. The Balaban J connectivity index is 1.57. The first-order valence-corrected chi connectivity index (χ1v) is 10.00. The minimum absolute atomic E-state index is 0.116. The van der Waals surface area contributed by atoms with Crippen LogP contribution in [0.1, 0.15) is 31.4 Å². The summed E-state index contributed by atoms with van der Waals surface area (Å²) in [4.78, 5) is 8.15. The minimum atomic E-state index is -3.58. The second-order valence-electron chi connectivity index (χ2n) is 5.99. The first-order chi connectivity index (χ1) is 12.5. The summed E-state index contributed by atoms with van der Waals surface area (Å²) >= 11 is 5.80. The number of hydrogen-bond donors (Lipinski definition) is 1. The zero-order valence-electron chi connectivity index (χ0n) is 13.8. The Hall–Kier alpha value is -2.21. The van der Waals surface area contributed by atoms with Crippen molar-refractivity contribution >= 4 is 21.6 Å². The number of nitriles is 1. The average Bonchev–Trinajstić information content (AvgIpc) is 2.64. The lowest BCUT2D eigenvalue weighted by molar-refractivity contribution is 0.137. The van der Waals surface area contributed by atoms with E-state index in [0.29, 0.717) is 30.7 Å². The Morgan fingerprint density at radius 2 is 1.77 bits per heavy atom. The van der Waals surface area contributed by atoms with Crippen LogP contribution < -0.4 is 9.46 Å². The molecule has 3 rings (SSSR count). The topological polar surface area (TPSA) is 105 Å². The lowest BCUT2D eigenvalue weighted by Gasteiger charge is -2.29. The molecular weight excluding hydrogens is 376 g/mol. The van der Waals surface area contributed by atoms with Gasteiger partial charge in [-0.25, -0.2) is 23.1 Å². The molecule has 1 aromatic heterocycles. The summed E-state index contributed by atoms with van der Waals surface area (Å²) in [7, 11) is -3.58. The molecule has 0 radical (unpaired) electrons. The second kappa shape index (κ2) is 7.99. The van der Waals surface area contributed by atoms with Crippen LogP contribution >= 0.6 is 11.6 Å². The number of halogens is 1. The fourth-order valence-electron chi connectivity index (χ4n) is 2.85. The highest BCUT2D eigenvalue weighted by atomic mass is 35.5. The molecule has 0 spiro atoms. The number of aromatic nitrogens is 2. The molecule has 0 bridgehead atoms. The molecular formula is C17H17ClN4O3S. The molecule has 1 N–H and O–H groups in total. The smallest absolute Gasteiger partial charge is 0.251 e. The number of nitrogens with zero attached hydrogens (tertiary/aromatic N) is 3. The van der Waals surface area contributed by atoms with Gasteiger partial charge in [0.05, 0.1) is 4.90 Å². The van der Waals surface area contributed by atoms with Crippen molar-refractivity contribution in [1.29, 1.82) is 5.26 Å². The van der Waals surface area contributed by atoms with Gasteiger partial charge in [0.1, 0.15) is 12.2 Å². The fraction of sp³-hybridized carbons (Fsp3) is 0.353. The van der Waals surface area contributed by atoms with Crippen molar-refractivity contribution in [2.45, 2.75) is 42.7 Å². The normalized spacial score (nSPS) is 20.3. The SMILES string of the molecule is N#Cc1nccnc1OC1CCC(NS(=O)(=O)c2ccc(Cl)cc2)CC1. The van der Waals surface area contributed by atoms with Crippen molar-refractivity contribution < 1.29 is 13.2 Å². The molecule has 0 saturated heterocycles. The number of nitrogens with one attached hydrogen (secondary N) is 1. The van der Waals surface area contributed by atoms with Crippen molar-refractivity contribution in [3.05, 3.63) is 47.4 Å². The zero-order chi connectivity index (χ0) is 18.6. The Kier molecular flexibility index (Phi) is 5.71. The van der Waals surface area contributed by atoms with E-state index in [-0.39, 0.29) is 28.6 Å². The van der Waals surface area contributed by atoms with E-state index in [0.717, 1.165) is 0 Å². The number of rotatable bonds is 5. The third kappa shape index (κ3) is 4.49. The van der Waals surface area contributed by atoms with Gasteiger partial charge in [-0.2, -0.15) is 5.26 Å². The molecule has 2 aromatic rings. The monoisotopic (exact) mass is 392 g/mol. The van der Waals surface area contributed by atoms with Crippen molar-refractivity contribution in [2.24, 2.45) is 0 Å². The summed E-state index contributed by atoms with van der Waals surface area (Å²) in [6.45, 7) is 0. The van der Waals surface area contributed by atoms with Crippen LogP contribution in [0.5, 0.6) is 5.88 Å². The Morgan fingerprint density at radius 1 is 1.12 bits per heavy atom. The molecule has 0 aliphatic heterocycles. The van der Waals surface area contributed by atoms with E-state index in [4.69, 9.17) is 21.6 Å². The maximum absolute atomic E-state index is 12.4. The van der Waals surface area contributed by atoms with Crippen molar-refractivity contribution in [3.63, 3.8) is 0 Å². The van der Waals surface area contributed by atoms with E-state index in [1.807, 2.05) is 6.07 Å². The van der Waals surface area contributed by atoms with Crippen LogP contribution in [-0.4, -0.2) is 30.5 Å². The predicted octanol–water partition coefficient (Wildman–Crippen LogP) is 2.67. The molecule has 1 heterocycles. The summed E-state index contributed by atoms with van der Waals surface area (Å²) in [6.07, 6.45) is 5.40. The molecule has 7 nitrogen and oxygen atoms in total. The molecule has 1 saturated carbocycles. The number of benzene rings is 1. The van der Waals surface area contributed by atoms with Crippen LogP contribution in [0.15, 0.2) is 41.6 Å². The maximum atomic E-state index is 12.4.